The van der Waals surface area contributed by atoms with Crippen LogP contribution in [0.1, 0.15) is 48.9 Å². The first-order valence-corrected chi connectivity index (χ1v) is 9.42. The van der Waals surface area contributed by atoms with E-state index in [0.717, 1.165) is 38.5 Å². The molecule has 0 aromatic carbocycles. The van der Waals surface area contributed by atoms with E-state index < -0.39 is 6.10 Å². The summed E-state index contributed by atoms with van der Waals surface area (Å²) < 4.78 is 5.94. The molecule has 7 nitrogen and oxygen atoms in total. The molecule has 1 aromatic heterocycles. The fourth-order valence-corrected chi connectivity index (χ4v) is 3.44. The molecule has 0 radical (unpaired) electrons. The van der Waals surface area contributed by atoms with Gasteiger partial charge in [-0.25, -0.2) is 0 Å². The van der Waals surface area contributed by atoms with Crippen molar-refractivity contribution < 1.29 is 19.4 Å². The van der Waals surface area contributed by atoms with Crippen molar-refractivity contribution in [1.29, 1.82) is 0 Å². The molecule has 3 rings (SSSR count). The lowest BCUT2D eigenvalue weighted by molar-refractivity contribution is -0.127. The number of amides is 2. The molecule has 26 heavy (non-hydrogen) atoms. The highest BCUT2D eigenvalue weighted by atomic mass is 16.5. The van der Waals surface area contributed by atoms with Crippen LogP contribution in [-0.2, 0) is 9.53 Å². The number of hydrogen-bond acceptors (Lipinski definition) is 5. The highest BCUT2D eigenvalue weighted by Gasteiger charge is 2.32. The Labute approximate surface area is 153 Å². The summed E-state index contributed by atoms with van der Waals surface area (Å²) in [6.45, 7) is 0.443. The van der Waals surface area contributed by atoms with E-state index in [2.05, 4.69) is 15.6 Å². The van der Waals surface area contributed by atoms with E-state index in [0.29, 0.717) is 12.1 Å². The number of rotatable bonds is 7. The van der Waals surface area contributed by atoms with Gasteiger partial charge in [-0.2, -0.15) is 0 Å². The third-order valence-corrected chi connectivity index (χ3v) is 5.30. The third-order valence-electron chi connectivity index (χ3n) is 5.30. The van der Waals surface area contributed by atoms with Crippen LogP contribution in [-0.4, -0.2) is 53.3 Å². The molecule has 1 aliphatic carbocycles. The summed E-state index contributed by atoms with van der Waals surface area (Å²) in [5.41, 5.74) is 0.539. The first-order valence-electron chi connectivity index (χ1n) is 9.42. The number of carbonyl (C=O) groups excluding carboxylic acids is 2. The number of aromatic nitrogens is 1. The van der Waals surface area contributed by atoms with Gasteiger partial charge in [0.25, 0.3) is 5.91 Å². The van der Waals surface area contributed by atoms with Crippen LogP contribution in [0.3, 0.4) is 0 Å². The topological polar surface area (TPSA) is 101 Å². The summed E-state index contributed by atoms with van der Waals surface area (Å²) in [4.78, 5) is 28.0. The van der Waals surface area contributed by atoms with Crippen molar-refractivity contribution in [2.75, 3.05) is 13.2 Å². The van der Waals surface area contributed by atoms with E-state index in [1.54, 1.807) is 24.5 Å². The summed E-state index contributed by atoms with van der Waals surface area (Å²) in [6.07, 6.45) is 8.10. The second kappa shape index (κ2) is 9.09. The molecular formula is C19H27N3O4. The Morgan fingerprint density at radius 1 is 1.19 bits per heavy atom. The molecule has 2 aliphatic rings. The number of nitrogens with zero attached hydrogens (tertiary/aromatic N) is 1. The highest BCUT2D eigenvalue weighted by molar-refractivity contribution is 5.94. The monoisotopic (exact) mass is 361 g/mol. The maximum absolute atomic E-state index is 12.3. The van der Waals surface area contributed by atoms with Gasteiger partial charge in [-0.1, -0.05) is 6.42 Å². The minimum absolute atomic E-state index is 0.0112. The minimum Gasteiger partial charge on any atom is -0.394 e. The SMILES string of the molecule is O=C(N[C@@H]1CC[C@@H](CCNC(=O)C2CCC2)O[C@@H]1CO)c1ccncc1. The van der Waals surface area contributed by atoms with Gasteiger partial charge in [0.15, 0.2) is 0 Å². The maximum atomic E-state index is 12.3. The number of ether oxygens (including phenoxy) is 1. The Balaban J connectivity index is 1.43. The molecule has 2 amide bonds. The van der Waals surface area contributed by atoms with Crippen molar-refractivity contribution in [2.24, 2.45) is 5.92 Å². The standard InChI is InChI=1S/C19H27N3O4/c23-12-17-16(22-19(25)14-6-9-20-10-7-14)5-4-15(26-17)8-11-21-18(24)13-2-1-3-13/h6-7,9-10,13,15-17,23H,1-5,8,11-12H2,(H,21,24)(H,22,25)/t15-,16+,17+/m0/s1. The fraction of sp³-hybridized carbons (Fsp3) is 0.632. The van der Waals surface area contributed by atoms with Gasteiger partial charge in [0.05, 0.1) is 18.8 Å². The summed E-state index contributed by atoms with van der Waals surface area (Å²) in [6, 6.07) is 3.09. The van der Waals surface area contributed by atoms with Crippen molar-refractivity contribution >= 4 is 11.8 Å². The predicted octanol–water partition coefficient (Wildman–Crippen LogP) is 1.03. The average Bonchev–Trinajstić information content (AvgIpc) is 2.62. The third kappa shape index (κ3) is 4.80. The van der Waals surface area contributed by atoms with Crippen molar-refractivity contribution in [2.45, 2.75) is 56.8 Å². The van der Waals surface area contributed by atoms with Gasteiger partial charge in [0.2, 0.25) is 5.91 Å². The van der Waals surface area contributed by atoms with Crippen LogP contribution in [0.5, 0.6) is 0 Å². The van der Waals surface area contributed by atoms with Gasteiger partial charge in [-0.15, -0.1) is 0 Å². The molecule has 3 atom stereocenters. The molecule has 0 bridgehead atoms. The van der Waals surface area contributed by atoms with Crippen LogP contribution in [0.25, 0.3) is 0 Å². The number of hydrogen-bond donors (Lipinski definition) is 3. The van der Waals surface area contributed by atoms with Crippen molar-refractivity contribution in [3.63, 3.8) is 0 Å². The summed E-state index contributed by atoms with van der Waals surface area (Å²) in [5.74, 6) is 0.152. The van der Waals surface area contributed by atoms with Crippen LogP contribution in [0.2, 0.25) is 0 Å². The van der Waals surface area contributed by atoms with E-state index in [1.807, 2.05) is 0 Å². The number of pyridine rings is 1. The normalized spacial score (nSPS) is 26.0. The minimum atomic E-state index is -0.429. The number of carbonyl (C=O) groups is 2. The summed E-state index contributed by atoms with van der Waals surface area (Å²) in [7, 11) is 0. The number of nitrogens with one attached hydrogen (secondary N) is 2. The lowest BCUT2D eigenvalue weighted by atomic mass is 9.85. The second-order valence-corrected chi connectivity index (χ2v) is 7.08. The van der Waals surface area contributed by atoms with E-state index >= 15 is 0 Å². The lowest BCUT2D eigenvalue weighted by Crippen LogP contribution is -2.51. The Morgan fingerprint density at radius 2 is 1.96 bits per heavy atom. The molecule has 1 aromatic rings. The molecule has 1 saturated carbocycles. The summed E-state index contributed by atoms with van der Waals surface area (Å²) in [5, 5.41) is 15.5. The van der Waals surface area contributed by atoms with Crippen LogP contribution in [0.4, 0.5) is 0 Å². The van der Waals surface area contributed by atoms with E-state index in [4.69, 9.17) is 4.74 Å². The molecule has 1 saturated heterocycles. The van der Waals surface area contributed by atoms with Gasteiger partial charge in [-0.05, 0) is 44.2 Å². The Hall–Kier alpha value is -1.99. The molecule has 142 valence electrons. The molecular weight excluding hydrogens is 334 g/mol. The highest BCUT2D eigenvalue weighted by Crippen LogP contribution is 2.26. The molecule has 0 unspecified atom stereocenters. The predicted molar refractivity (Wildman–Crippen MR) is 95.4 cm³/mol. The Kier molecular flexibility index (Phi) is 6.57. The first-order chi connectivity index (χ1) is 12.7. The molecule has 7 heteroatoms. The number of aliphatic hydroxyl groups excluding tert-OH is 1. The van der Waals surface area contributed by atoms with Gasteiger partial charge < -0.3 is 20.5 Å². The zero-order valence-electron chi connectivity index (χ0n) is 14.9. The van der Waals surface area contributed by atoms with Gasteiger partial charge in [0, 0.05) is 30.4 Å². The average molecular weight is 361 g/mol. The van der Waals surface area contributed by atoms with Crippen LogP contribution in [0.15, 0.2) is 24.5 Å². The molecule has 3 N–H and O–H groups in total. The van der Waals surface area contributed by atoms with Crippen molar-refractivity contribution in [3.05, 3.63) is 30.1 Å². The lowest BCUT2D eigenvalue weighted by Gasteiger charge is -2.36. The summed E-state index contributed by atoms with van der Waals surface area (Å²) >= 11 is 0. The second-order valence-electron chi connectivity index (χ2n) is 7.08. The Morgan fingerprint density at radius 3 is 2.62 bits per heavy atom. The molecule has 2 heterocycles. The van der Waals surface area contributed by atoms with Gasteiger partial charge >= 0.3 is 0 Å². The maximum Gasteiger partial charge on any atom is 0.251 e. The quantitative estimate of drug-likeness (QED) is 0.673. The largest absolute Gasteiger partial charge is 0.394 e. The van der Waals surface area contributed by atoms with Crippen LogP contribution in [0, 0.1) is 5.92 Å². The fourth-order valence-electron chi connectivity index (χ4n) is 3.44. The Bertz CT molecular complexity index is 606. The smallest absolute Gasteiger partial charge is 0.251 e. The molecule has 0 spiro atoms. The van der Waals surface area contributed by atoms with Gasteiger partial charge in [0.1, 0.15) is 6.10 Å². The van der Waals surface area contributed by atoms with Crippen LogP contribution >= 0.6 is 0 Å². The van der Waals surface area contributed by atoms with Crippen molar-refractivity contribution in [3.8, 4) is 0 Å². The van der Waals surface area contributed by atoms with E-state index in [-0.39, 0.29) is 36.5 Å². The molecule has 2 fully saturated rings. The first kappa shape index (κ1) is 18.8. The van der Waals surface area contributed by atoms with Gasteiger partial charge in [-0.3, -0.25) is 14.6 Å². The number of aliphatic hydroxyl groups is 1. The van der Waals surface area contributed by atoms with Crippen LogP contribution < -0.4 is 10.6 Å². The molecule has 1 aliphatic heterocycles. The van der Waals surface area contributed by atoms with E-state index in [1.165, 1.54) is 0 Å². The van der Waals surface area contributed by atoms with Crippen molar-refractivity contribution in [1.82, 2.24) is 15.6 Å². The zero-order valence-corrected chi connectivity index (χ0v) is 14.9. The zero-order chi connectivity index (χ0) is 18.4. The van der Waals surface area contributed by atoms with E-state index in [9.17, 15) is 14.7 Å².